The van der Waals surface area contributed by atoms with Gasteiger partial charge in [0.2, 0.25) is 0 Å². The number of rotatable bonds is 5. The summed E-state index contributed by atoms with van der Waals surface area (Å²) in [4.78, 5) is 2.59. The molecule has 0 aromatic carbocycles. The average molecular weight is 231 g/mol. The number of hydrogen-bond donors (Lipinski definition) is 1. The van der Waals surface area contributed by atoms with Gasteiger partial charge in [-0.15, -0.1) is 0 Å². The Morgan fingerprint density at radius 2 is 2.00 bits per heavy atom. The smallest absolute Gasteiger partial charge is 0.192 e. The van der Waals surface area contributed by atoms with E-state index in [1.807, 2.05) is 0 Å². The molecule has 0 radical (unpaired) electrons. The van der Waals surface area contributed by atoms with Crippen LogP contribution in [0.5, 0.6) is 0 Å². The fourth-order valence-electron chi connectivity index (χ4n) is 0.705. The number of azide groups is 1. The molecule has 15 heavy (non-hydrogen) atoms. The minimum absolute atomic E-state index is 0.0745. The Kier molecular flexibility index (Phi) is 5.31. The van der Waals surface area contributed by atoms with Gasteiger partial charge in [0.15, 0.2) is 8.32 Å². The molecule has 6 heteroatoms. The molecule has 0 rings (SSSR count). The number of aliphatic hydroxyl groups is 1. The third kappa shape index (κ3) is 5.18. The van der Waals surface area contributed by atoms with Gasteiger partial charge in [0.25, 0.3) is 0 Å². The zero-order valence-electron chi connectivity index (χ0n) is 10.2. The molecule has 0 amide bonds. The first-order chi connectivity index (χ1) is 6.70. The molecule has 0 fully saturated rings. The molecule has 1 unspecified atom stereocenters. The molecule has 1 atom stereocenters. The Bertz CT molecular complexity index is 244. The van der Waals surface area contributed by atoms with Crippen LogP contribution in [0, 0.1) is 0 Å². The average Bonchev–Trinajstić information content (AvgIpc) is 2.09. The molecular weight excluding hydrogens is 210 g/mol. The van der Waals surface area contributed by atoms with Gasteiger partial charge in [-0.25, -0.2) is 0 Å². The van der Waals surface area contributed by atoms with E-state index in [1.165, 1.54) is 0 Å². The summed E-state index contributed by atoms with van der Waals surface area (Å²) >= 11 is 0. The molecule has 0 aliphatic rings. The highest BCUT2D eigenvalue weighted by Crippen LogP contribution is 2.36. The van der Waals surface area contributed by atoms with Crippen molar-refractivity contribution in [2.24, 2.45) is 5.11 Å². The second kappa shape index (κ2) is 5.51. The van der Waals surface area contributed by atoms with Crippen molar-refractivity contribution in [3.63, 3.8) is 0 Å². The molecular formula is C9H21N3O2Si. The lowest BCUT2D eigenvalue weighted by atomic mass is 10.2. The quantitative estimate of drug-likeness (QED) is 0.342. The van der Waals surface area contributed by atoms with Crippen LogP contribution in [0.2, 0.25) is 18.1 Å². The maximum atomic E-state index is 9.44. The van der Waals surface area contributed by atoms with Crippen LogP contribution in [-0.4, -0.2) is 32.7 Å². The highest BCUT2D eigenvalue weighted by molar-refractivity contribution is 6.74. The van der Waals surface area contributed by atoms with E-state index in [-0.39, 0.29) is 18.2 Å². The summed E-state index contributed by atoms with van der Waals surface area (Å²) in [5.41, 5.74) is 8.09. The molecule has 0 saturated heterocycles. The van der Waals surface area contributed by atoms with Gasteiger partial charge in [-0.05, 0) is 23.7 Å². The standard InChI is InChI=1S/C9H21N3O2Si/c1-9(2,3)15(4,5)14-7-8(13)6-11-12-10/h8,13H,6-7H2,1-5H3. The lowest BCUT2D eigenvalue weighted by molar-refractivity contribution is 0.106. The van der Waals surface area contributed by atoms with Gasteiger partial charge >= 0.3 is 0 Å². The second-order valence-electron chi connectivity index (χ2n) is 5.14. The molecule has 0 spiro atoms. The van der Waals surface area contributed by atoms with Crippen molar-refractivity contribution in [1.29, 1.82) is 0 Å². The third-order valence-corrected chi connectivity index (χ3v) is 7.30. The first kappa shape index (κ1) is 14.4. The maximum Gasteiger partial charge on any atom is 0.192 e. The van der Waals surface area contributed by atoms with Gasteiger partial charge in [0.1, 0.15) is 0 Å². The summed E-state index contributed by atoms with van der Waals surface area (Å²) in [5, 5.41) is 12.9. The lowest BCUT2D eigenvalue weighted by Gasteiger charge is -2.36. The Labute approximate surface area is 92.2 Å². The molecule has 0 aliphatic carbocycles. The predicted octanol–water partition coefficient (Wildman–Crippen LogP) is 2.68. The summed E-state index contributed by atoms with van der Waals surface area (Å²) in [7, 11) is -1.80. The molecule has 0 heterocycles. The summed E-state index contributed by atoms with van der Waals surface area (Å²) in [6, 6.07) is 0. The van der Waals surface area contributed by atoms with Gasteiger partial charge in [-0.2, -0.15) is 0 Å². The van der Waals surface area contributed by atoms with E-state index >= 15 is 0 Å². The molecule has 88 valence electrons. The number of aliphatic hydroxyl groups excluding tert-OH is 1. The SMILES string of the molecule is CC(C)(C)[Si](C)(C)OCC(O)CN=[N+]=[N-]. The van der Waals surface area contributed by atoms with Gasteiger partial charge < -0.3 is 9.53 Å². The Balaban J connectivity index is 4.09. The Morgan fingerprint density at radius 1 is 1.47 bits per heavy atom. The van der Waals surface area contributed by atoms with E-state index < -0.39 is 14.4 Å². The first-order valence-electron chi connectivity index (χ1n) is 5.03. The Morgan fingerprint density at radius 3 is 2.40 bits per heavy atom. The van der Waals surface area contributed by atoms with Gasteiger partial charge in [-0.3, -0.25) is 0 Å². The molecule has 0 aliphatic heterocycles. The fraction of sp³-hybridized carbons (Fsp3) is 1.00. The van der Waals surface area contributed by atoms with E-state index in [4.69, 9.17) is 9.96 Å². The van der Waals surface area contributed by atoms with E-state index in [2.05, 4.69) is 43.9 Å². The van der Waals surface area contributed by atoms with Crippen molar-refractivity contribution in [2.75, 3.05) is 13.2 Å². The van der Waals surface area contributed by atoms with Crippen LogP contribution < -0.4 is 0 Å². The van der Waals surface area contributed by atoms with Crippen molar-refractivity contribution < 1.29 is 9.53 Å². The molecule has 0 bridgehead atoms. The summed E-state index contributed by atoms with van der Waals surface area (Å²) in [6.07, 6.45) is -0.699. The first-order valence-corrected chi connectivity index (χ1v) is 7.94. The van der Waals surface area contributed by atoms with Crippen molar-refractivity contribution in [3.05, 3.63) is 10.4 Å². The topological polar surface area (TPSA) is 78.2 Å². The molecule has 0 saturated carbocycles. The van der Waals surface area contributed by atoms with Gasteiger partial charge in [-0.1, -0.05) is 25.9 Å². The molecule has 0 aromatic heterocycles. The molecule has 0 aromatic rings. The fourth-order valence-corrected chi connectivity index (χ4v) is 1.75. The van der Waals surface area contributed by atoms with Crippen LogP contribution in [0.4, 0.5) is 0 Å². The van der Waals surface area contributed by atoms with Crippen LogP contribution >= 0.6 is 0 Å². The van der Waals surface area contributed by atoms with E-state index in [0.29, 0.717) is 0 Å². The number of hydrogen-bond acceptors (Lipinski definition) is 3. The van der Waals surface area contributed by atoms with Crippen LogP contribution in [0.3, 0.4) is 0 Å². The second-order valence-corrected chi connectivity index (χ2v) is 9.95. The monoisotopic (exact) mass is 231 g/mol. The lowest BCUT2D eigenvalue weighted by Crippen LogP contribution is -2.43. The van der Waals surface area contributed by atoms with Crippen LogP contribution in [0.1, 0.15) is 20.8 Å². The van der Waals surface area contributed by atoms with E-state index in [0.717, 1.165) is 0 Å². The highest BCUT2D eigenvalue weighted by atomic mass is 28.4. The Hall–Kier alpha value is -0.553. The third-order valence-electron chi connectivity index (χ3n) is 2.80. The van der Waals surface area contributed by atoms with Crippen molar-refractivity contribution in [3.8, 4) is 0 Å². The van der Waals surface area contributed by atoms with Gasteiger partial charge in [0.05, 0.1) is 19.3 Å². The van der Waals surface area contributed by atoms with E-state index in [9.17, 15) is 5.11 Å². The number of nitrogens with zero attached hydrogens (tertiary/aromatic N) is 3. The zero-order valence-corrected chi connectivity index (χ0v) is 11.2. The minimum atomic E-state index is -1.80. The molecule has 5 nitrogen and oxygen atoms in total. The van der Waals surface area contributed by atoms with Crippen molar-refractivity contribution >= 4 is 8.32 Å². The van der Waals surface area contributed by atoms with E-state index in [1.54, 1.807) is 0 Å². The van der Waals surface area contributed by atoms with Crippen LogP contribution in [0.25, 0.3) is 10.4 Å². The maximum absolute atomic E-state index is 9.44. The van der Waals surface area contributed by atoms with Gasteiger partial charge in [0, 0.05) is 4.91 Å². The predicted molar refractivity (Wildman–Crippen MR) is 63.2 cm³/mol. The zero-order chi connectivity index (χ0) is 12.1. The van der Waals surface area contributed by atoms with Crippen LogP contribution in [0.15, 0.2) is 5.11 Å². The normalized spacial score (nSPS) is 14.5. The highest BCUT2D eigenvalue weighted by Gasteiger charge is 2.37. The van der Waals surface area contributed by atoms with Crippen molar-refractivity contribution in [1.82, 2.24) is 0 Å². The minimum Gasteiger partial charge on any atom is -0.414 e. The largest absolute Gasteiger partial charge is 0.414 e. The summed E-state index contributed by atoms with van der Waals surface area (Å²) in [6.45, 7) is 11.0. The van der Waals surface area contributed by atoms with Crippen molar-refractivity contribution in [2.45, 2.75) is 45.0 Å². The summed E-state index contributed by atoms with van der Waals surface area (Å²) in [5.74, 6) is 0. The van der Waals surface area contributed by atoms with Crippen LogP contribution in [-0.2, 0) is 4.43 Å². The molecule has 1 N–H and O–H groups in total. The summed E-state index contributed by atoms with van der Waals surface area (Å²) < 4.78 is 5.76.